The van der Waals surface area contributed by atoms with Gasteiger partial charge in [0.25, 0.3) is 11.8 Å². The van der Waals surface area contributed by atoms with Crippen LogP contribution < -0.4 is 16.4 Å². The van der Waals surface area contributed by atoms with Crippen molar-refractivity contribution in [3.63, 3.8) is 0 Å². The zero-order chi connectivity index (χ0) is 25.1. The molecule has 1 aliphatic heterocycles. The van der Waals surface area contributed by atoms with Gasteiger partial charge in [0.2, 0.25) is 0 Å². The summed E-state index contributed by atoms with van der Waals surface area (Å²) >= 11 is 5.93. The minimum absolute atomic E-state index is 0.0801. The van der Waals surface area contributed by atoms with Crippen LogP contribution in [0.2, 0.25) is 0 Å². The van der Waals surface area contributed by atoms with E-state index in [2.05, 4.69) is 38.6 Å². The number of nitrogens with zero attached hydrogens (tertiary/aromatic N) is 2. The van der Waals surface area contributed by atoms with Crippen molar-refractivity contribution in [2.45, 2.75) is 50.9 Å². The van der Waals surface area contributed by atoms with Crippen LogP contribution in [-0.2, 0) is 12.8 Å². The van der Waals surface area contributed by atoms with Crippen LogP contribution in [0.15, 0.2) is 22.0 Å². The first-order chi connectivity index (χ1) is 16.5. The number of fused-ring (bicyclic) bond motifs is 2. The highest BCUT2D eigenvalue weighted by Gasteiger charge is 2.48. The molecule has 2 aliphatic rings. The Labute approximate surface area is 215 Å². The molecule has 186 valence electrons. The first kappa shape index (κ1) is 24.3. The third-order valence-electron chi connectivity index (χ3n) is 6.38. The number of nitrogens with one attached hydrogen (secondary N) is 2. The lowest BCUT2D eigenvalue weighted by atomic mass is 9.88. The molecule has 0 fully saturated rings. The van der Waals surface area contributed by atoms with Crippen molar-refractivity contribution in [1.82, 2.24) is 9.78 Å². The summed E-state index contributed by atoms with van der Waals surface area (Å²) in [6.45, 7) is 2.12. The lowest BCUT2D eigenvalue weighted by molar-refractivity contribution is -0.173. The van der Waals surface area contributed by atoms with Crippen molar-refractivity contribution in [2.24, 2.45) is 11.7 Å². The van der Waals surface area contributed by atoms with E-state index < -0.39 is 30.1 Å². The predicted octanol–water partition coefficient (Wildman–Crippen LogP) is 5.90. The molecule has 0 unspecified atom stereocenters. The number of carbonyl (C=O) groups is 2. The highest BCUT2D eigenvalue weighted by atomic mass is 79.9. The van der Waals surface area contributed by atoms with Gasteiger partial charge in [-0.2, -0.15) is 18.3 Å². The normalized spacial score (nSPS) is 21.7. The van der Waals surface area contributed by atoms with E-state index in [-0.39, 0.29) is 28.0 Å². The zero-order valence-corrected chi connectivity index (χ0v) is 21.6. The fourth-order valence-electron chi connectivity index (χ4n) is 4.67. The maximum Gasteiger partial charge on any atom is 0.410 e. The molecular formula is C22H21BrF3N5O2S2. The van der Waals surface area contributed by atoms with E-state index in [1.165, 1.54) is 22.7 Å². The van der Waals surface area contributed by atoms with Gasteiger partial charge in [0, 0.05) is 16.2 Å². The fourth-order valence-corrected chi connectivity index (χ4v) is 7.43. The summed E-state index contributed by atoms with van der Waals surface area (Å²) in [5.41, 5.74) is 6.53. The maximum absolute atomic E-state index is 14.0. The number of anilines is 2. The van der Waals surface area contributed by atoms with Gasteiger partial charge in [-0.15, -0.1) is 22.7 Å². The van der Waals surface area contributed by atoms with Gasteiger partial charge < -0.3 is 16.4 Å². The average molecular weight is 588 g/mol. The molecule has 7 nitrogen and oxygen atoms in total. The summed E-state index contributed by atoms with van der Waals surface area (Å²) in [5, 5.41) is 11.9. The quantitative estimate of drug-likeness (QED) is 0.353. The van der Waals surface area contributed by atoms with Crippen LogP contribution in [0, 0.1) is 5.92 Å². The lowest BCUT2D eigenvalue weighted by Gasteiger charge is -2.33. The number of rotatable bonds is 4. The zero-order valence-electron chi connectivity index (χ0n) is 18.4. The van der Waals surface area contributed by atoms with Crippen molar-refractivity contribution in [3.8, 4) is 0 Å². The summed E-state index contributed by atoms with van der Waals surface area (Å²) in [6, 6.07) is 1.07. The van der Waals surface area contributed by atoms with Crippen LogP contribution in [0.5, 0.6) is 0 Å². The Kier molecular flexibility index (Phi) is 6.20. The van der Waals surface area contributed by atoms with Gasteiger partial charge in [0.15, 0.2) is 11.7 Å². The number of hydrogen-bond acceptors (Lipinski definition) is 6. The molecule has 2 amide bonds. The molecular weight excluding hydrogens is 567 g/mol. The number of thiophene rings is 2. The van der Waals surface area contributed by atoms with Crippen molar-refractivity contribution >= 4 is 61.2 Å². The van der Waals surface area contributed by atoms with E-state index in [1.807, 2.05) is 0 Å². The molecule has 0 saturated carbocycles. The number of carbonyl (C=O) groups excluding carboxylic acids is 2. The van der Waals surface area contributed by atoms with Crippen LogP contribution in [0.3, 0.4) is 0 Å². The number of alkyl halides is 3. The Morgan fingerprint density at radius 2 is 2.14 bits per heavy atom. The first-order valence-electron chi connectivity index (χ1n) is 10.9. The van der Waals surface area contributed by atoms with Crippen molar-refractivity contribution < 1.29 is 22.8 Å². The van der Waals surface area contributed by atoms with Crippen LogP contribution in [0.1, 0.15) is 68.0 Å². The van der Waals surface area contributed by atoms with E-state index in [0.717, 1.165) is 32.8 Å². The van der Waals surface area contributed by atoms with Gasteiger partial charge in [0.1, 0.15) is 10.8 Å². The van der Waals surface area contributed by atoms with Crippen LogP contribution in [0.4, 0.5) is 24.0 Å². The molecule has 3 aromatic heterocycles. The molecule has 35 heavy (non-hydrogen) atoms. The standard InChI is InChI=1S/C22H21BrF3N5O2S2/c1-9-4-5-10-13(7-9)35-21(15(10)18(27)32)29-20(33)17-16(23)19-28-11(12-3-2-6-34-12)8-14(22(24,25)26)31(19)30-17/h2-3,6,9,11,14,28H,4-5,7-8H2,1H3,(H2,27,32)(H,29,33)/t9-,11-,14+/m1/s1. The smallest absolute Gasteiger partial charge is 0.365 e. The van der Waals surface area contributed by atoms with Gasteiger partial charge in [-0.05, 0) is 58.1 Å². The third-order valence-corrected chi connectivity index (χ3v) is 9.29. The molecule has 0 saturated heterocycles. The monoisotopic (exact) mass is 587 g/mol. The molecule has 0 aromatic carbocycles. The Morgan fingerprint density at radius 1 is 1.37 bits per heavy atom. The molecule has 3 aromatic rings. The van der Waals surface area contributed by atoms with Gasteiger partial charge in [-0.1, -0.05) is 13.0 Å². The average Bonchev–Trinajstić information content (AvgIpc) is 3.50. The Morgan fingerprint density at radius 3 is 2.80 bits per heavy atom. The van der Waals surface area contributed by atoms with Gasteiger partial charge in [0.05, 0.1) is 16.1 Å². The third kappa shape index (κ3) is 4.38. The van der Waals surface area contributed by atoms with Crippen LogP contribution >= 0.6 is 38.6 Å². The number of primary amides is 1. The van der Waals surface area contributed by atoms with E-state index >= 15 is 0 Å². The summed E-state index contributed by atoms with van der Waals surface area (Å²) in [4.78, 5) is 27.2. The summed E-state index contributed by atoms with van der Waals surface area (Å²) in [7, 11) is 0. The number of hydrogen-bond donors (Lipinski definition) is 3. The second kappa shape index (κ2) is 8.93. The predicted molar refractivity (Wildman–Crippen MR) is 132 cm³/mol. The van der Waals surface area contributed by atoms with Gasteiger partial charge in [-0.3, -0.25) is 9.59 Å². The first-order valence-corrected chi connectivity index (χ1v) is 13.4. The Balaban J connectivity index is 1.50. The number of aromatic nitrogens is 2. The molecule has 0 spiro atoms. The second-order valence-electron chi connectivity index (χ2n) is 8.84. The Bertz CT molecular complexity index is 1300. The molecule has 4 N–H and O–H groups in total. The molecule has 4 heterocycles. The van der Waals surface area contributed by atoms with Gasteiger partial charge in [-0.25, -0.2) is 4.68 Å². The van der Waals surface area contributed by atoms with E-state index in [9.17, 15) is 22.8 Å². The Hall–Kier alpha value is -2.38. The summed E-state index contributed by atoms with van der Waals surface area (Å²) in [5.74, 6) is -0.839. The summed E-state index contributed by atoms with van der Waals surface area (Å²) < 4.78 is 42.9. The number of nitrogens with two attached hydrogens (primary N) is 1. The largest absolute Gasteiger partial charge is 0.410 e. The van der Waals surface area contributed by atoms with Crippen molar-refractivity contribution in [1.29, 1.82) is 0 Å². The molecule has 5 rings (SSSR count). The van der Waals surface area contributed by atoms with Gasteiger partial charge >= 0.3 is 6.18 Å². The number of amides is 2. The lowest BCUT2D eigenvalue weighted by Crippen LogP contribution is -2.35. The SMILES string of the molecule is C[C@@H]1CCc2c(sc(NC(=O)c3nn4c(c3Br)N[C@@H](c3cccs3)C[C@H]4C(F)(F)F)c2C(N)=O)C1. The molecule has 1 aliphatic carbocycles. The highest BCUT2D eigenvalue weighted by molar-refractivity contribution is 9.10. The highest BCUT2D eigenvalue weighted by Crippen LogP contribution is 2.47. The topological polar surface area (TPSA) is 102 Å². The van der Waals surface area contributed by atoms with E-state index in [1.54, 1.807) is 17.5 Å². The molecule has 0 radical (unpaired) electrons. The van der Waals surface area contributed by atoms with Crippen LogP contribution in [-0.4, -0.2) is 27.8 Å². The minimum atomic E-state index is -4.56. The fraction of sp³-hybridized carbons (Fsp3) is 0.409. The van der Waals surface area contributed by atoms with Crippen LogP contribution in [0.25, 0.3) is 0 Å². The van der Waals surface area contributed by atoms with Crippen molar-refractivity contribution in [2.75, 3.05) is 10.6 Å². The minimum Gasteiger partial charge on any atom is -0.365 e. The maximum atomic E-state index is 14.0. The molecule has 3 atom stereocenters. The molecule has 0 bridgehead atoms. The molecule has 13 heteroatoms. The second-order valence-corrected chi connectivity index (χ2v) is 11.7. The van der Waals surface area contributed by atoms with E-state index in [4.69, 9.17) is 5.73 Å². The van der Waals surface area contributed by atoms with Crippen molar-refractivity contribution in [3.05, 3.63) is 48.6 Å². The van der Waals surface area contributed by atoms with E-state index in [0.29, 0.717) is 17.3 Å². The number of halogens is 4. The summed E-state index contributed by atoms with van der Waals surface area (Å²) in [6.07, 6.45) is -2.44.